The molecule has 7 heteroatoms. The van der Waals surface area contributed by atoms with Crippen LogP contribution in [0.5, 0.6) is 0 Å². The molecule has 0 aliphatic rings. The fraction of sp³-hybridized carbons (Fsp3) is 0.278. The summed E-state index contributed by atoms with van der Waals surface area (Å²) < 4.78 is 19.3. The zero-order valence-corrected chi connectivity index (χ0v) is 14.9. The Kier molecular flexibility index (Phi) is 4.67. The van der Waals surface area contributed by atoms with E-state index in [0.29, 0.717) is 16.6 Å². The second-order valence-corrected chi connectivity index (χ2v) is 6.83. The first-order valence-electron chi connectivity index (χ1n) is 7.82. The monoisotopic (exact) mass is 360 g/mol. The van der Waals surface area contributed by atoms with Crippen molar-refractivity contribution in [3.63, 3.8) is 0 Å². The number of aryl methyl sites for hydroxylation is 1. The number of carbonyl (C=O) groups excluding carboxylic acids is 1. The summed E-state index contributed by atoms with van der Waals surface area (Å²) in [6.45, 7) is 3.70. The van der Waals surface area contributed by atoms with Crippen molar-refractivity contribution in [2.24, 2.45) is 0 Å². The van der Waals surface area contributed by atoms with Gasteiger partial charge in [0, 0.05) is 10.4 Å². The SMILES string of the molecule is CC[C@@H](C(=O)OC)n1cnc2sc(C)c(-c3ccc(F)cc3)c2c1=O. The van der Waals surface area contributed by atoms with Crippen LogP contribution in [0, 0.1) is 12.7 Å². The number of hydrogen-bond acceptors (Lipinski definition) is 5. The van der Waals surface area contributed by atoms with E-state index < -0.39 is 12.0 Å². The summed E-state index contributed by atoms with van der Waals surface area (Å²) in [5.74, 6) is -0.825. The highest BCUT2D eigenvalue weighted by atomic mass is 32.1. The molecule has 0 aliphatic carbocycles. The van der Waals surface area contributed by atoms with E-state index in [1.807, 2.05) is 6.92 Å². The van der Waals surface area contributed by atoms with Crippen LogP contribution in [-0.4, -0.2) is 22.6 Å². The molecule has 0 unspecified atom stereocenters. The third-order valence-electron chi connectivity index (χ3n) is 4.14. The highest BCUT2D eigenvalue weighted by Crippen LogP contribution is 2.35. The van der Waals surface area contributed by atoms with Crippen molar-refractivity contribution < 1.29 is 13.9 Å². The maximum absolute atomic E-state index is 13.2. The number of benzene rings is 1. The summed E-state index contributed by atoms with van der Waals surface area (Å²) in [5, 5.41) is 0.443. The molecule has 2 heterocycles. The van der Waals surface area contributed by atoms with Gasteiger partial charge in [-0.2, -0.15) is 0 Å². The van der Waals surface area contributed by atoms with Gasteiger partial charge >= 0.3 is 5.97 Å². The van der Waals surface area contributed by atoms with E-state index in [1.165, 1.54) is 41.5 Å². The van der Waals surface area contributed by atoms with Crippen LogP contribution < -0.4 is 5.56 Å². The molecule has 1 atom stereocenters. The highest BCUT2D eigenvalue weighted by Gasteiger charge is 2.24. The Morgan fingerprint density at radius 1 is 1.36 bits per heavy atom. The quantitative estimate of drug-likeness (QED) is 0.666. The Labute approximate surface area is 147 Å². The van der Waals surface area contributed by atoms with Crippen molar-refractivity contribution in [3.8, 4) is 11.1 Å². The summed E-state index contributed by atoms with van der Waals surface area (Å²) in [5.41, 5.74) is 1.17. The normalized spacial score (nSPS) is 12.3. The van der Waals surface area contributed by atoms with Crippen molar-refractivity contribution in [1.82, 2.24) is 9.55 Å². The molecule has 0 aliphatic heterocycles. The molecule has 0 saturated heterocycles. The Morgan fingerprint density at radius 2 is 2.04 bits per heavy atom. The molecule has 0 N–H and O–H groups in total. The van der Waals surface area contributed by atoms with Gasteiger partial charge < -0.3 is 4.74 Å². The molecule has 0 saturated carbocycles. The highest BCUT2D eigenvalue weighted by molar-refractivity contribution is 7.19. The van der Waals surface area contributed by atoms with E-state index in [4.69, 9.17) is 4.74 Å². The van der Waals surface area contributed by atoms with E-state index in [-0.39, 0.29) is 11.4 Å². The van der Waals surface area contributed by atoms with Crippen LogP contribution in [0.15, 0.2) is 35.4 Å². The van der Waals surface area contributed by atoms with Crippen molar-refractivity contribution in [3.05, 3.63) is 51.6 Å². The van der Waals surface area contributed by atoms with E-state index in [2.05, 4.69) is 4.98 Å². The van der Waals surface area contributed by atoms with Gasteiger partial charge in [0.2, 0.25) is 0 Å². The van der Waals surface area contributed by atoms with Crippen molar-refractivity contribution in [1.29, 1.82) is 0 Å². The number of fused-ring (bicyclic) bond motifs is 1. The lowest BCUT2D eigenvalue weighted by Gasteiger charge is -2.15. The van der Waals surface area contributed by atoms with Crippen LogP contribution in [0.2, 0.25) is 0 Å². The minimum absolute atomic E-state index is 0.300. The number of nitrogens with zero attached hydrogens (tertiary/aromatic N) is 2. The van der Waals surface area contributed by atoms with Crippen LogP contribution in [0.3, 0.4) is 0 Å². The van der Waals surface area contributed by atoms with Gasteiger partial charge in [0.25, 0.3) is 5.56 Å². The number of thiophene rings is 1. The number of carbonyl (C=O) groups is 1. The summed E-state index contributed by atoms with van der Waals surface area (Å²) in [7, 11) is 1.29. The fourth-order valence-electron chi connectivity index (χ4n) is 2.91. The minimum atomic E-state index is -0.726. The number of hydrogen-bond donors (Lipinski definition) is 0. The van der Waals surface area contributed by atoms with Gasteiger partial charge in [-0.3, -0.25) is 9.36 Å². The Bertz CT molecular complexity index is 992. The molecule has 0 bridgehead atoms. The third-order valence-corrected chi connectivity index (χ3v) is 5.16. The average molecular weight is 360 g/mol. The molecule has 0 spiro atoms. The maximum Gasteiger partial charge on any atom is 0.329 e. The molecule has 130 valence electrons. The number of methoxy groups -OCH3 is 1. The van der Waals surface area contributed by atoms with E-state index in [1.54, 1.807) is 19.1 Å². The van der Waals surface area contributed by atoms with E-state index in [9.17, 15) is 14.0 Å². The molecule has 25 heavy (non-hydrogen) atoms. The lowest BCUT2D eigenvalue weighted by atomic mass is 10.0. The average Bonchev–Trinajstić information content (AvgIpc) is 2.95. The van der Waals surface area contributed by atoms with Crippen molar-refractivity contribution in [2.75, 3.05) is 7.11 Å². The predicted molar refractivity (Wildman–Crippen MR) is 95.4 cm³/mol. The van der Waals surface area contributed by atoms with Crippen LogP contribution in [-0.2, 0) is 9.53 Å². The molecular weight excluding hydrogens is 343 g/mol. The second kappa shape index (κ2) is 6.76. The maximum atomic E-state index is 13.2. The van der Waals surface area contributed by atoms with Crippen molar-refractivity contribution in [2.45, 2.75) is 26.3 Å². The smallest absolute Gasteiger partial charge is 0.329 e. The van der Waals surface area contributed by atoms with Gasteiger partial charge in [0.15, 0.2) is 0 Å². The topological polar surface area (TPSA) is 61.2 Å². The first kappa shape index (κ1) is 17.3. The number of esters is 1. The van der Waals surface area contributed by atoms with Gasteiger partial charge in [-0.15, -0.1) is 11.3 Å². The Hall–Kier alpha value is -2.54. The van der Waals surface area contributed by atoms with Crippen LogP contribution in [0.1, 0.15) is 24.3 Å². The van der Waals surface area contributed by atoms with Gasteiger partial charge in [0.1, 0.15) is 16.7 Å². The fourth-order valence-corrected chi connectivity index (χ4v) is 3.92. The zero-order valence-electron chi connectivity index (χ0n) is 14.1. The second-order valence-electron chi connectivity index (χ2n) is 5.62. The minimum Gasteiger partial charge on any atom is -0.467 e. The Morgan fingerprint density at radius 3 is 2.64 bits per heavy atom. The van der Waals surface area contributed by atoms with E-state index in [0.717, 1.165) is 16.0 Å². The first-order valence-corrected chi connectivity index (χ1v) is 8.63. The van der Waals surface area contributed by atoms with Crippen LogP contribution in [0.25, 0.3) is 21.3 Å². The number of rotatable bonds is 4. The third kappa shape index (κ3) is 2.95. The predicted octanol–water partition coefficient (Wildman–Crippen LogP) is 3.70. The standard InChI is InChI=1S/C18H17FN2O3S/c1-4-13(18(23)24-3)21-9-20-16-15(17(21)22)14(10(2)25-16)11-5-7-12(19)8-6-11/h5-9,13H,4H2,1-3H3/t13-/m0/s1. The molecule has 3 aromatic rings. The summed E-state index contributed by atoms with van der Waals surface area (Å²) >= 11 is 1.40. The lowest BCUT2D eigenvalue weighted by molar-refractivity contribution is -0.144. The van der Waals surface area contributed by atoms with Gasteiger partial charge in [-0.05, 0) is 31.0 Å². The summed E-state index contributed by atoms with van der Waals surface area (Å²) in [6, 6.07) is 5.26. The summed E-state index contributed by atoms with van der Waals surface area (Å²) in [4.78, 5) is 30.9. The van der Waals surface area contributed by atoms with E-state index >= 15 is 0 Å². The van der Waals surface area contributed by atoms with Gasteiger partial charge in [-0.1, -0.05) is 19.1 Å². The van der Waals surface area contributed by atoms with Crippen molar-refractivity contribution >= 4 is 27.5 Å². The molecule has 5 nitrogen and oxygen atoms in total. The van der Waals surface area contributed by atoms with Crippen LogP contribution in [0.4, 0.5) is 4.39 Å². The molecule has 0 radical (unpaired) electrons. The first-order chi connectivity index (χ1) is 12.0. The molecule has 1 aromatic carbocycles. The van der Waals surface area contributed by atoms with Gasteiger partial charge in [0.05, 0.1) is 18.8 Å². The largest absolute Gasteiger partial charge is 0.467 e. The number of ether oxygens (including phenoxy) is 1. The molecule has 0 fully saturated rings. The van der Waals surface area contributed by atoms with Crippen LogP contribution >= 0.6 is 11.3 Å². The molecule has 0 amide bonds. The Balaban J connectivity index is 2.28. The number of halogens is 1. The lowest BCUT2D eigenvalue weighted by Crippen LogP contribution is -2.30. The molecule has 2 aromatic heterocycles. The summed E-state index contributed by atoms with van der Waals surface area (Å²) in [6.07, 6.45) is 1.80. The zero-order chi connectivity index (χ0) is 18.1. The van der Waals surface area contributed by atoms with Gasteiger partial charge in [-0.25, -0.2) is 14.2 Å². The molecular formula is C18H17FN2O3S. The number of aromatic nitrogens is 2. The molecule has 3 rings (SSSR count).